The number of nitrogens with zero attached hydrogens (tertiary/aromatic N) is 4. The highest BCUT2D eigenvalue weighted by atomic mass is 31.2. The normalized spacial score (nSPS) is 18.7. The third kappa shape index (κ3) is 14.8. The molecule has 4 aromatic rings. The Hall–Kier alpha value is -5.01. The fourth-order valence-corrected chi connectivity index (χ4v) is 9.04. The molecule has 64 heavy (non-hydrogen) atoms. The quantitative estimate of drug-likeness (QED) is 0.0190. The van der Waals surface area contributed by atoms with E-state index in [1.165, 1.54) is 74.4 Å². The van der Waals surface area contributed by atoms with E-state index in [9.17, 15) is 27.3 Å². The number of rotatable bonds is 27. The summed E-state index contributed by atoms with van der Waals surface area (Å²) in [6.45, 7) is 4.65. The molecule has 348 valence electrons. The number of ether oxygens (including phenoxy) is 3. The molecule has 1 aliphatic heterocycles. The molecule has 18 heteroatoms. The van der Waals surface area contributed by atoms with Gasteiger partial charge < -0.3 is 24.5 Å². The molecule has 1 fully saturated rings. The van der Waals surface area contributed by atoms with E-state index in [-0.39, 0.29) is 41.1 Å². The topological polar surface area (TPSA) is 179 Å². The number of hydrogen-bond donors (Lipinski definition) is 2. The zero-order valence-corrected chi connectivity index (χ0v) is 37.7. The van der Waals surface area contributed by atoms with Crippen LogP contribution in [-0.2, 0) is 39.3 Å². The van der Waals surface area contributed by atoms with Crippen LogP contribution < -0.4 is 15.3 Å². The average molecular weight is 913 g/mol. The van der Waals surface area contributed by atoms with Crippen molar-refractivity contribution in [3.05, 3.63) is 78.1 Å². The first-order chi connectivity index (χ1) is 30.7. The maximum atomic E-state index is 14.9. The first-order valence-corrected chi connectivity index (χ1v) is 23.7. The number of nitrogens with two attached hydrogens (primary N) is 1. The van der Waals surface area contributed by atoms with Gasteiger partial charge in [0.1, 0.15) is 42.4 Å². The van der Waals surface area contributed by atoms with Gasteiger partial charge >= 0.3 is 25.8 Å². The molecule has 1 saturated heterocycles. The minimum atomic E-state index is -4.76. The molecular formula is C46H60F3N6O8P. The Morgan fingerprint density at radius 3 is 2.20 bits per heavy atom. The zero-order chi connectivity index (χ0) is 46.1. The minimum absolute atomic E-state index is 0.0270. The van der Waals surface area contributed by atoms with Crippen LogP contribution in [0.5, 0.6) is 5.75 Å². The smallest absolute Gasteiger partial charge is 0.459 e. The van der Waals surface area contributed by atoms with E-state index in [1.807, 2.05) is 0 Å². The van der Waals surface area contributed by atoms with Crippen LogP contribution >= 0.6 is 7.75 Å². The van der Waals surface area contributed by atoms with Crippen LogP contribution in [-0.4, -0.2) is 61.9 Å². The lowest BCUT2D eigenvalue weighted by molar-refractivity contribution is -0.158. The van der Waals surface area contributed by atoms with Crippen molar-refractivity contribution in [3.63, 3.8) is 0 Å². The van der Waals surface area contributed by atoms with Gasteiger partial charge in [0, 0.05) is 18.9 Å². The van der Waals surface area contributed by atoms with Crippen molar-refractivity contribution >= 4 is 36.7 Å². The minimum Gasteiger partial charge on any atom is -0.462 e. The highest BCUT2D eigenvalue weighted by Gasteiger charge is 2.53. The molecule has 2 aromatic carbocycles. The highest BCUT2D eigenvalue weighted by Crippen LogP contribution is 2.49. The number of benzene rings is 2. The van der Waals surface area contributed by atoms with E-state index in [2.05, 4.69) is 32.9 Å². The van der Waals surface area contributed by atoms with Crippen molar-refractivity contribution in [3.8, 4) is 18.1 Å². The predicted octanol–water partition coefficient (Wildman–Crippen LogP) is 9.87. The summed E-state index contributed by atoms with van der Waals surface area (Å²) >= 11 is 0. The van der Waals surface area contributed by atoms with E-state index in [4.69, 9.17) is 35.4 Å². The standard InChI is InChI=1S/C46H60F3N6O8P/c1-5-7-8-9-10-11-12-13-14-15-16-17-21-24-40(56)61-38-29-39(55-31-51-41-42(50)52-45(49)53-43(41)55)62-46(38,6-2)30-59-64(58,63-36-22-19-18-20-23-36)54-37(44(57)60-32(3)4)27-33-25-34(47)28-35(48)26-33/h2,18-20,22-23,25-26,28,31-32,37-39H,5,7-17,21,24,27,29-30H2,1,3-4H3,(H,54,58)(H2,50,52,53)/t37?,38?,39?,46?,64-/m0/s1. The van der Waals surface area contributed by atoms with Crippen molar-refractivity contribution in [2.75, 3.05) is 12.3 Å². The molecule has 3 N–H and O–H groups in total. The number of nitrogens with one attached hydrogen (secondary N) is 1. The summed E-state index contributed by atoms with van der Waals surface area (Å²) in [5, 5.41) is 2.61. The summed E-state index contributed by atoms with van der Waals surface area (Å²) < 4.78 is 89.1. The summed E-state index contributed by atoms with van der Waals surface area (Å²) in [5.41, 5.74) is 4.04. The predicted molar refractivity (Wildman–Crippen MR) is 235 cm³/mol. The molecule has 1 aliphatic rings. The Morgan fingerprint density at radius 1 is 0.969 bits per heavy atom. The van der Waals surface area contributed by atoms with E-state index >= 15 is 0 Å². The summed E-state index contributed by atoms with van der Waals surface area (Å²) in [4.78, 5) is 38.6. The van der Waals surface area contributed by atoms with Gasteiger partial charge in [0.05, 0.1) is 12.4 Å². The van der Waals surface area contributed by atoms with Gasteiger partial charge in [0.15, 0.2) is 22.6 Å². The number of esters is 2. The molecule has 5 rings (SSSR count). The molecule has 0 amide bonds. The van der Waals surface area contributed by atoms with Crippen LogP contribution in [0.3, 0.4) is 0 Å². The molecule has 0 saturated carbocycles. The van der Waals surface area contributed by atoms with Gasteiger partial charge in [0.2, 0.25) is 0 Å². The molecule has 4 unspecified atom stereocenters. The Morgan fingerprint density at radius 2 is 1.59 bits per heavy atom. The van der Waals surface area contributed by atoms with Crippen LogP contribution in [0.1, 0.15) is 129 Å². The Bertz CT molecular complexity index is 2210. The van der Waals surface area contributed by atoms with Crippen molar-refractivity contribution in [2.24, 2.45) is 0 Å². The van der Waals surface area contributed by atoms with Gasteiger partial charge in [-0.2, -0.15) is 19.4 Å². The second-order valence-electron chi connectivity index (χ2n) is 16.3. The van der Waals surface area contributed by atoms with Crippen LogP contribution in [0, 0.1) is 30.1 Å². The maximum Gasteiger partial charge on any atom is 0.459 e. The number of anilines is 1. The number of carbonyl (C=O) groups is 2. The average Bonchev–Trinajstić information content (AvgIpc) is 3.83. The van der Waals surface area contributed by atoms with Crippen molar-refractivity contribution in [1.82, 2.24) is 24.6 Å². The van der Waals surface area contributed by atoms with Crippen LogP contribution in [0.25, 0.3) is 11.2 Å². The molecule has 0 spiro atoms. The number of carbonyl (C=O) groups excluding carboxylic acids is 2. The first-order valence-electron chi connectivity index (χ1n) is 22.2. The van der Waals surface area contributed by atoms with Crippen molar-refractivity contribution in [2.45, 2.75) is 154 Å². The van der Waals surface area contributed by atoms with Crippen LogP contribution in [0.15, 0.2) is 54.9 Å². The van der Waals surface area contributed by atoms with E-state index in [0.29, 0.717) is 12.5 Å². The largest absolute Gasteiger partial charge is 0.462 e. The molecule has 5 atom stereocenters. The number of imidazole rings is 1. The number of nitrogen functional groups attached to an aromatic ring is 1. The number of para-hydroxylation sites is 1. The van der Waals surface area contributed by atoms with Crippen LogP contribution in [0.2, 0.25) is 0 Å². The van der Waals surface area contributed by atoms with Crippen LogP contribution in [0.4, 0.5) is 19.0 Å². The Balaban J connectivity index is 1.34. The third-order valence-electron chi connectivity index (χ3n) is 10.7. The lowest BCUT2D eigenvalue weighted by atomic mass is 9.98. The number of aromatic nitrogens is 4. The van der Waals surface area contributed by atoms with E-state index < -0.39 is 80.5 Å². The second-order valence-corrected chi connectivity index (χ2v) is 18.0. The number of fused-ring (bicyclic) bond motifs is 1. The molecule has 0 bridgehead atoms. The van der Waals surface area contributed by atoms with Gasteiger partial charge in [-0.3, -0.25) is 18.7 Å². The fourth-order valence-electron chi connectivity index (χ4n) is 7.52. The van der Waals surface area contributed by atoms with Crippen molar-refractivity contribution in [1.29, 1.82) is 0 Å². The molecule has 2 aromatic heterocycles. The third-order valence-corrected chi connectivity index (χ3v) is 12.3. The maximum absolute atomic E-state index is 14.9. The Kier molecular flexibility index (Phi) is 19.0. The zero-order valence-electron chi connectivity index (χ0n) is 36.8. The van der Waals surface area contributed by atoms with Gasteiger partial charge in [-0.25, -0.2) is 18.3 Å². The fraction of sp³-hybridized carbons (Fsp3) is 0.543. The molecular weight excluding hydrogens is 853 g/mol. The first kappa shape index (κ1) is 50.0. The number of halogens is 3. The molecule has 0 aliphatic carbocycles. The van der Waals surface area contributed by atoms with Gasteiger partial charge in [-0.1, -0.05) is 108 Å². The number of unbranched alkanes of at least 4 members (excludes halogenated alkanes) is 12. The summed E-state index contributed by atoms with van der Waals surface area (Å²) in [6.07, 6.45) is 17.7. The lowest BCUT2D eigenvalue weighted by Crippen LogP contribution is -2.46. The van der Waals surface area contributed by atoms with Gasteiger partial charge in [-0.15, -0.1) is 6.42 Å². The van der Waals surface area contributed by atoms with Gasteiger partial charge in [0.25, 0.3) is 0 Å². The second kappa shape index (κ2) is 24.3. The molecule has 3 heterocycles. The summed E-state index contributed by atoms with van der Waals surface area (Å²) in [6, 6.07) is 9.04. The highest BCUT2D eigenvalue weighted by molar-refractivity contribution is 7.52. The van der Waals surface area contributed by atoms with Gasteiger partial charge in [-0.05, 0) is 56.5 Å². The molecule has 14 nitrogen and oxygen atoms in total. The number of terminal acetylenes is 1. The van der Waals surface area contributed by atoms with E-state index in [1.54, 1.807) is 32.0 Å². The lowest BCUT2D eigenvalue weighted by Gasteiger charge is -2.31. The Labute approximate surface area is 373 Å². The molecule has 0 radical (unpaired) electrons. The number of hydrogen-bond acceptors (Lipinski definition) is 12. The van der Waals surface area contributed by atoms with Crippen molar-refractivity contribution < 1.29 is 50.6 Å². The SMILES string of the molecule is C#CC1(CO[P@@](=O)(NC(Cc2cc(F)cc(F)c2)C(=O)OC(C)C)Oc2ccccc2)OC(n2cnc3c(N)nc(F)nc32)CC1OC(=O)CCCCCCCCCCCCCCC. The van der Waals surface area contributed by atoms with E-state index in [0.717, 1.165) is 37.8 Å². The summed E-state index contributed by atoms with van der Waals surface area (Å²) in [5.74, 6) is -0.916. The summed E-state index contributed by atoms with van der Waals surface area (Å²) in [7, 11) is -4.76. The monoisotopic (exact) mass is 912 g/mol.